The summed E-state index contributed by atoms with van der Waals surface area (Å²) in [5.74, 6) is -0.991. The van der Waals surface area contributed by atoms with E-state index < -0.39 is 11.7 Å². The van der Waals surface area contributed by atoms with Crippen LogP contribution in [0.5, 0.6) is 0 Å². The Morgan fingerprint density at radius 3 is 2.56 bits per heavy atom. The Bertz CT molecular complexity index is 410. The van der Waals surface area contributed by atoms with Gasteiger partial charge in [0.15, 0.2) is 0 Å². The SMILES string of the molecule is O=C(NC1CCCC1)C(=O)c1ccc(Cl)s1. The number of carbonyl (C=O) groups excluding carboxylic acids is 2. The van der Waals surface area contributed by atoms with E-state index in [-0.39, 0.29) is 6.04 Å². The lowest BCUT2D eigenvalue weighted by molar-refractivity contribution is -0.117. The molecule has 1 saturated carbocycles. The van der Waals surface area contributed by atoms with Crippen molar-refractivity contribution in [3.63, 3.8) is 0 Å². The van der Waals surface area contributed by atoms with Gasteiger partial charge in [-0.1, -0.05) is 24.4 Å². The quantitative estimate of drug-likeness (QED) is 0.668. The predicted molar refractivity (Wildman–Crippen MR) is 64.1 cm³/mol. The normalized spacial score (nSPS) is 16.3. The molecular weight excluding hydrogens is 246 g/mol. The zero-order valence-corrected chi connectivity index (χ0v) is 10.2. The molecule has 0 bridgehead atoms. The molecule has 0 unspecified atom stereocenters. The van der Waals surface area contributed by atoms with E-state index in [0.717, 1.165) is 37.0 Å². The molecule has 0 aromatic carbocycles. The molecule has 1 aromatic heterocycles. The molecule has 0 aliphatic heterocycles. The van der Waals surface area contributed by atoms with Crippen LogP contribution in [0.4, 0.5) is 0 Å². The van der Waals surface area contributed by atoms with Crippen molar-refractivity contribution >= 4 is 34.6 Å². The average Bonchev–Trinajstić information content (AvgIpc) is 2.88. The van der Waals surface area contributed by atoms with E-state index in [1.54, 1.807) is 12.1 Å². The van der Waals surface area contributed by atoms with Gasteiger partial charge in [0.25, 0.3) is 11.7 Å². The molecule has 1 aliphatic carbocycles. The van der Waals surface area contributed by atoms with Gasteiger partial charge in [0.1, 0.15) is 0 Å². The average molecular weight is 258 g/mol. The van der Waals surface area contributed by atoms with Crippen LogP contribution in [0.2, 0.25) is 4.34 Å². The topological polar surface area (TPSA) is 46.2 Å². The first-order valence-corrected chi connectivity index (χ1v) is 6.47. The van der Waals surface area contributed by atoms with Gasteiger partial charge in [-0.25, -0.2) is 0 Å². The predicted octanol–water partition coefficient (Wildman–Crippen LogP) is 2.64. The second-order valence-corrected chi connectivity index (χ2v) is 5.60. The summed E-state index contributed by atoms with van der Waals surface area (Å²) >= 11 is 6.85. The third kappa shape index (κ3) is 2.62. The largest absolute Gasteiger partial charge is 0.346 e. The zero-order chi connectivity index (χ0) is 11.5. The van der Waals surface area contributed by atoms with E-state index >= 15 is 0 Å². The van der Waals surface area contributed by atoms with Crippen LogP contribution >= 0.6 is 22.9 Å². The summed E-state index contributed by atoms with van der Waals surface area (Å²) in [6.45, 7) is 0. The Balaban J connectivity index is 1.96. The number of Topliss-reactive ketones (excluding diaryl/α,β-unsaturated/α-hetero) is 1. The number of hydrogen-bond donors (Lipinski definition) is 1. The van der Waals surface area contributed by atoms with Gasteiger partial charge in [-0.05, 0) is 25.0 Å². The minimum atomic E-state index is -0.509. The number of nitrogens with one attached hydrogen (secondary N) is 1. The highest BCUT2D eigenvalue weighted by Crippen LogP contribution is 2.22. The molecular formula is C11H12ClNO2S. The molecule has 1 aromatic rings. The first kappa shape index (κ1) is 11.6. The Morgan fingerprint density at radius 1 is 1.31 bits per heavy atom. The van der Waals surface area contributed by atoms with Crippen LogP contribution in [0.1, 0.15) is 35.4 Å². The van der Waals surface area contributed by atoms with Crippen LogP contribution in [0.15, 0.2) is 12.1 Å². The van der Waals surface area contributed by atoms with Gasteiger partial charge in [-0.3, -0.25) is 9.59 Å². The maximum absolute atomic E-state index is 11.7. The minimum Gasteiger partial charge on any atom is -0.346 e. The van der Waals surface area contributed by atoms with Gasteiger partial charge in [-0.2, -0.15) is 0 Å². The number of halogens is 1. The second kappa shape index (κ2) is 4.97. The Labute approximate surface area is 103 Å². The molecule has 1 heterocycles. The summed E-state index contributed by atoms with van der Waals surface area (Å²) in [5.41, 5.74) is 0. The van der Waals surface area contributed by atoms with Crippen molar-refractivity contribution in [2.75, 3.05) is 0 Å². The molecule has 1 aliphatic rings. The fourth-order valence-corrected chi connectivity index (χ4v) is 2.85. The summed E-state index contributed by atoms with van der Waals surface area (Å²) in [7, 11) is 0. The Morgan fingerprint density at radius 2 is 2.00 bits per heavy atom. The second-order valence-electron chi connectivity index (χ2n) is 3.89. The highest BCUT2D eigenvalue weighted by atomic mass is 35.5. The maximum atomic E-state index is 11.7. The summed E-state index contributed by atoms with van der Waals surface area (Å²) in [6.07, 6.45) is 4.21. The molecule has 16 heavy (non-hydrogen) atoms. The van der Waals surface area contributed by atoms with Crippen molar-refractivity contribution in [3.05, 3.63) is 21.3 Å². The molecule has 2 rings (SSSR count). The number of ketones is 1. The fourth-order valence-electron chi connectivity index (χ4n) is 1.87. The van der Waals surface area contributed by atoms with Crippen LogP contribution in [0.3, 0.4) is 0 Å². The molecule has 0 radical (unpaired) electrons. The van der Waals surface area contributed by atoms with E-state index in [1.165, 1.54) is 0 Å². The lowest BCUT2D eigenvalue weighted by Crippen LogP contribution is -2.37. The van der Waals surface area contributed by atoms with E-state index in [1.807, 2.05) is 0 Å². The minimum absolute atomic E-state index is 0.173. The first-order valence-electron chi connectivity index (χ1n) is 5.27. The van der Waals surface area contributed by atoms with Gasteiger partial charge >= 0.3 is 0 Å². The summed E-state index contributed by atoms with van der Waals surface area (Å²) < 4.78 is 0.525. The summed E-state index contributed by atoms with van der Waals surface area (Å²) in [4.78, 5) is 23.7. The van der Waals surface area contributed by atoms with Gasteiger partial charge in [-0.15, -0.1) is 11.3 Å². The van der Waals surface area contributed by atoms with E-state index in [9.17, 15) is 9.59 Å². The zero-order valence-electron chi connectivity index (χ0n) is 8.66. The number of thiophene rings is 1. The van der Waals surface area contributed by atoms with Gasteiger partial charge in [0.05, 0.1) is 9.21 Å². The first-order chi connectivity index (χ1) is 7.66. The summed E-state index contributed by atoms with van der Waals surface area (Å²) in [6, 6.07) is 3.39. The maximum Gasteiger partial charge on any atom is 0.293 e. The monoisotopic (exact) mass is 257 g/mol. The highest BCUT2D eigenvalue weighted by Gasteiger charge is 2.23. The Hall–Kier alpha value is -0.870. The molecule has 0 atom stereocenters. The number of rotatable bonds is 3. The highest BCUT2D eigenvalue weighted by molar-refractivity contribution is 7.18. The van der Waals surface area contributed by atoms with E-state index in [0.29, 0.717) is 9.21 Å². The van der Waals surface area contributed by atoms with E-state index in [2.05, 4.69) is 5.32 Å². The lowest BCUT2D eigenvalue weighted by Gasteiger charge is -2.09. The third-order valence-corrected chi connectivity index (χ3v) is 3.92. The molecule has 86 valence electrons. The Kier molecular flexibility index (Phi) is 3.61. The third-order valence-electron chi connectivity index (χ3n) is 2.69. The van der Waals surface area contributed by atoms with Crippen molar-refractivity contribution in [3.8, 4) is 0 Å². The van der Waals surface area contributed by atoms with Crippen molar-refractivity contribution in [1.82, 2.24) is 5.32 Å². The van der Waals surface area contributed by atoms with Crippen LogP contribution in [-0.4, -0.2) is 17.7 Å². The van der Waals surface area contributed by atoms with Crippen molar-refractivity contribution in [1.29, 1.82) is 0 Å². The molecule has 0 spiro atoms. The fraction of sp³-hybridized carbons (Fsp3) is 0.455. The van der Waals surface area contributed by atoms with Crippen LogP contribution in [0, 0.1) is 0 Å². The molecule has 1 amide bonds. The van der Waals surface area contributed by atoms with E-state index in [4.69, 9.17) is 11.6 Å². The van der Waals surface area contributed by atoms with Gasteiger partial charge in [0.2, 0.25) is 0 Å². The van der Waals surface area contributed by atoms with Crippen LogP contribution in [-0.2, 0) is 4.79 Å². The van der Waals surface area contributed by atoms with Crippen LogP contribution < -0.4 is 5.32 Å². The van der Waals surface area contributed by atoms with Crippen molar-refractivity contribution in [2.45, 2.75) is 31.7 Å². The summed E-state index contributed by atoms with van der Waals surface area (Å²) in [5, 5.41) is 2.76. The molecule has 1 N–H and O–H groups in total. The van der Waals surface area contributed by atoms with Crippen LogP contribution in [0.25, 0.3) is 0 Å². The molecule has 0 saturated heterocycles. The molecule has 1 fully saturated rings. The number of amides is 1. The van der Waals surface area contributed by atoms with Crippen molar-refractivity contribution < 1.29 is 9.59 Å². The number of carbonyl (C=O) groups is 2. The molecule has 5 heteroatoms. The van der Waals surface area contributed by atoms with Crippen molar-refractivity contribution in [2.24, 2.45) is 0 Å². The lowest BCUT2D eigenvalue weighted by atomic mass is 10.2. The standard InChI is InChI=1S/C11H12ClNO2S/c12-9-6-5-8(16-9)10(14)11(15)13-7-3-1-2-4-7/h5-7H,1-4H2,(H,13,15). The smallest absolute Gasteiger partial charge is 0.293 e. The van der Waals surface area contributed by atoms with Gasteiger partial charge in [0, 0.05) is 6.04 Å². The number of hydrogen-bond acceptors (Lipinski definition) is 3. The van der Waals surface area contributed by atoms with Gasteiger partial charge < -0.3 is 5.32 Å². The molecule has 3 nitrogen and oxygen atoms in total.